The average Bonchev–Trinajstić information content (AvgIpc) is 2.26. The van der Waals surface area contributed by atoms with E-state index in [1.54, 1.807) is 18.4 Å². The van der Waals surface area contributed by atoms with Crippen molar-refractivity contribution in [2.24, 2.45) is 5.92 Å². The SMILES string of the molecule is CCN(CC1CCCNC1)S(=O)(=O)N(C)C. The third-order valence-electron chi connectivity index (χ3n) is 3.00. The number of rotatable bonds is 5. The zero-order chi connectivity index (χ0) is 12.2. The molecule has 0 aliphatic carbocycles. The maximum absolute atomic E-state index is 12.0. The normalized spacial score (nSPS) is 22.9. The van der Waals surface area contributed by atoms with Gasteiger partial charge in [0.2, 0.25) is 0 Å². The predicted molar refractivity (Wildman–Crippen MR) is 65.4 cm³/mol. The largest absolute Gasteiger partial charge is 0.316 e. The molecule has 1 rings (SSSR count). The van der Waals surface area contributed by atoms with Gasteiger partial charge in [-0.15, -0.1) is 0 Å². The van der Waals surface area contributed by atoms with Gasteiger partial charge >= 0.3 is 0 Å². The summed E-state index contributed by atoms with van der Waals surface area (Å²) in [5, 5.41) is 3.31. The van der Waals surface area contributed by atoms with Crippen molar-refractivity contribution in [3.05, 3.63) is 0 Å². The van der Waals surface area contributed by atoms with Crippen LogP contribution in [0.5, 0.6) is 0 Å². The van der Waals surface area contributed by atoms with Gasteiger partial charge in [-0.1, -0.05) is 6.92 Å². The average molecular weight is 249 g/mol. The Morgan fingerprint density at radius 1 is 1.38 bits per heavy atom. The van der Waals surface area contributed by atoms with Crippen LogP contribution in [0.2, 0.25) is 0 Å². The van der Waals surface area contributed by atoms with Crippen LogP contribution in [0.25, 0.3) is 0 Å². The molecule has 0 saturated carbocycles. The second kappa shape index (κ2) is 5.95. The number of nitrogens with zero attached hydrogens (tertiary/aromatic N) is 2. The zero-order valence-corrected chi connectivity index (χ0v) is 11.3. The van der Waals surface area contributed by atoms with Crippen molar-refractivity contribution >= 4 is 10.2 Å². The zero-order valence-electron chi connectivity index (χ0n) is 10.4. The van der Waals surface area contributed by atoms with Crippen LogP contribution in [-0.4, -0.2) is 57.3 Å². The minimum Gasteiger partial charge on any atom is -0.316 e. The lowest BCUT2D eigenvalue weighted by Gasteiger charge is -2.30. The molecule has 1 heterocycles. The summed E-state index contributed by atoms with van der Waals surface area (Å²) >= 11 is 0. The summed E-state index contributed by atoms with van der Waals surface area (Å²) in [6, 6.07) is 0. The number of nitrogens with one attached hydrogen (secondary N) is 1. The highest BCUT2D eigenvalue weighted by molar-refractivity contribution is 7.86. The van der Waals surface area contributed by atoms with Crippen molar-refractivity contribution in [3.63, 3.8) is 0 Å². The van der Waals surface area contributed by atoms with Gasteiger partial charge in [0.15, 0.2) is 0 Å². The van der Waals surface area contributed by atoms with Crippen molar-refractivity contribution in [3.8, 4) is 0 Å². The lowest BCUT2D eigenvalue weighted by atomic mass is 10.00. The summed E-state index contributed by atoms with van der Waals surface area (Å²) in [4.78, 5) is 0. The van der Waals surface area contributed by atoms with Gasteiger partial charge in [-0.05, 0) is 31.8 Å². The first-order valence-electron chi connectivity index (χ1n) is 5.86. The maximum atomic E-state index is 12.0. The van der Waals surface area contributed by atoms with E-state index in [4.69, 9.17) is 0 Å². The molecule has 1 N–H and O–H groups in total. The molecule has 6 heteroatoms. The van der Waals surface area contributed by atoms with Crippen LogP contribution in [0.1, 0.15) is 19.8 Å². The Kier molecular flexibility index (Phi) is 5.17. The van der Waals surface area contributed by atoms with Gasteiger partial charge < -0.3 is 5.32 Å². The molecule has 1 aliphatic heterocycles. The fraction of sp³-hybridized carbons (Fsp3) is 1.00. The van der Waals surface area contributed by atoms with Crippen LogP contribution in [0.15, 0.2) is 0 Å². The van der Waals surface area contributed by atoms with E-state index in [1.807, 2.05) is 6.92 Å². The Hall–Kier alpha value is -0.170. The summed E-state index contributed by atoms with van der Waals surface area (Å²) in [6.07, 6.45) is 2.26. The fourth-order valence-corrected chi connectivity index (χ4v) is 3.17. The monoisotopic (exact) mass is 249 g/mol. The molecule has 1 aliphatic rings. The molecular weight excluding hydrogens is 226 g/mol. The van der Waals surface area contributed by atoms with Crippen molar-refractivity contribution in [2.75, 3.05) is 40.3 Å². The van der Waals surface area contributed by atoms with Gasteiger partial charge in [0.1, 0.15) is 0 Å². The minimum absolute atomic E-state index is 0.448. The van der Waals surface area contributed by atoms with E-state index in [-0.39, 0.29) is 0 Å². The van der Waals surface area contributed by atoms with Gasteiger partial charge in [0, 0.05) is 27.2 Å². The van der Waals surface area contributed by atoms with Crippen LogP contribution < -0.4 is 5.32 Å². The molecule has 96 valence electrons. The van der Waals surface area contributed by atoms with E-state index >= 15 is 0 Å². The number of piperidine rings is 1. The Morgan fingerprint density at radius 2 is 2.06 bits per heavy atom. The van der Waals surface area contributed by atoms with Gasteiger partial charge in [-0.2, -0.15) is 17.0 Å². The number of hydrogen-bond donors (Lipinski definition) is 1. The lowest BCUT2D eigenvalue weighted by Crippen LogP contribution is -2.45. The van der Waals surface area contributed by atoms with Crippen LogP contribution in [0.4, 0.5) is 0 Å². The quantitative estimate of drug-likeness (QED) is 0.752. The molecule has 16 heavy (non-hydrogen) atoms. The Morgan fingerprint density at radius 3 is 2.50 bits per heavy atom. The maximum Gasteiger partial charge on any atom is 0.281 e. The van der Waals surface area contributed by atoms with Gasteiger partial charge in [0.25, 0.3) is 10.2 Å². The van der Waals surface area contributed by atoms with Gasteiger partial charge in [-0.3, -0.25) is 0 Å². The Bertz CT molecular complexity index is 297. The van der Waals surface area contributed by atoms with E-state index in [0.717, 1.165) is 25.9 Å². The van der Waals surface area contributed by atoms with E-state index in [9.17, 15) is 8.42 Å². The van der Waals surface area contributed by atoms with Gasteiger partial charge in [0.05, 0.1) is 0 Å². The first-order chi connectivity index (χ1) is 7.48. The molecule has 0 aromatic rings. The molecule has 0 aromatic heterocycles. The molecule has 0 aromatic carbocycles. The summed E-state index contributed by atoms with van der Waals surface area (Å²) in [6.45, 7) is 5.04. The van der Waals surface area contributed by atoms with Crippen molar-refractivity contribution in [1.82, 2.24) is 13.9 Å². The third-order valence-corrected chi connectivity index (χ3v) is 4.98. The molecule has 1 unspecified atom stereocenters. The van der Waals surface area contributed by atoms with E-state index in [1.165, 1.54) is 4.31 Å². The highest BCUT2D eigenvalue weighted by atomic mass is 32.2. The summed E-state index contributed by atoms with van der Waals surface area (Å²) in [5.41, 5.74) is 0. The lowest BCUT2D eigenvalue weighted by molar-refractivity contribution is 0.287. The minimum atomic E-state index is -3.25. The van der Waals surface area contributed by atoms with E-state index < -0.39 is 10.2 Å². The predicted octanol–water partition coefficient (Wildman–Crippen LogP) is 0.114. The molecule has 1 atom stereocenters. The van der Waals surface area contributed by atoms with Gasteiger partial charge in [-0.25, -0.2) is 0 Å². The van der Waals surface area contributed by atoms with Crippen LogP contribution in [-0.2, 0) is 10.2 Å². The first-order valence-corrected chi connectivity index (χ1v) is 7.26. The second-order valence-electron chi connectivity index (χ2n) is 4.45. The topological polar surface area (TPSA) is 52.7 Å². The smallest absolute Gasteiger partial charge is 0.281 e. The fourth-order valence-electron chi connectivity index (χ4n) is 1.99. The standard InChI is InChI=1S/C10H23N3O2S/c1-4-13(16(14,15)12(2)3)9-10-6-5-7-11-8-10/h10-11H,4-9H2,1-3H3. The van der Waals surface area contributed by atoms with Crippen LogP contribution in [0.3, 0.4) is 0 Å². The van der Waals surface area contributed by atoms with Crippen LogP contribution in [0, 0.1) is 5.92 Å². The summed E-state index contributed by atoms with van der Waals surface area (Å²) in [7, 11) is -0.0886. The third kappa shape index (κ3) is 3.41. The molecule has 0 radical (unpaired) electrons. The molecular formula is C10H23N3O2S. The summed E-state index contributed by atoms with van der Waals surface area (Å²) in [5.74, 6) is 0.448. The molecule has 0 bridgehead atoms. The Labute approximate surface area is 99.0 Å². The highest BCUT2D eigenvalue weighted by Gasteiger charge is 2.26. The van der Waals surface area contributed by atoms with E-state index in [0.29, 0.717) is 19.0 Å². The summed E-state index contributed by atoms with van der Waals surface area (Å²) < 4.78 is 26.8. The van der Waals surface area contributed by atoms with Crippen molar-refractivity contribution in [1.29, 1.82) is 0 Å². The molecule has 1 saturated heterocycles. The Balaban J connectivity index is 2.60. The molecule has 1 fully saturated rings. The van der Waals surface area contributed by atoms with Crippen molar-refractivity contribution in [2.45, 2.75) is 19.8 Å². The van der Waals surface area contributed by atoms with Crippen molar-refractivity contribution < 1.29 is 8.42 Å². The highest BCUT2D eigenvalue weighted by Crippen LogP contribution is 2.14. The molecule has 5 nitrogen and oxygen atoms in total. The molecule has 0 amide bonds. The first kappa shape index (κ1) is 13.9. The van der Waals surface area contributed by atoms with E-state index in [2.05, 4.69) is 5.32 Å². The second-order valence-corrected chi connectivity index (χ2v) is 6.60. The molecule has 0 spiro atoms. The van der Waals surface area contributed by atoms with Crippen LogP contribution >= 0.6 is 0 Å². The number of hydrogen-bond acceptors (Lipinski definition) is 3.